The molecule has 0 bridgehead atoms. The highest BCUT2D eigenvalue weighted by Gasteiger charge is 2.33. The van der Waals surface area contributed by atoms with Crippen molar-refractivity contribution in [1.82, 2.24) is 10.6 Å². The number of nitrogens with one attached hydrogen (secondary N) is 2. The molecule has 0 aliphatic heterocycles. The average Bonchev–Trinajstić information content (AvgIpc) is 2.29. The molecule has 0 aliphatic carbocycles. The van der Waals surface area contributed by atoms with Gasteiger partial charge in [0.2, 0.25) is 11.8 Å². The second-order valence-corrected chi connectivity index (χ2v) is 4.43. The predicted molar refractivity (Wildman–Crippen MR) is 68.9 cm³/mol. The van der Waals surface area contributed by atoms with Gasteiger partial charge < -0.3 is 20.8 Å². The van der Waals surface area contributed by atoms with Gasteiger partial charge in [0.25, 0.3) is 0 Å². The van der Waals surface area contributed by atoms with E-state index in [0.29, 0.717) is 0 Å². The minimum absolute atomic E-state index is 0.0198. The van der Waals surface area contributed by atoms with Crippen LogP contribution in [0.1, 0.15) is 26.7 Å². The number of carbonyl (C=O) groups excluding carboxylic acids is 2. The van der Waals surface area contributed by atoms with Crippen LogP contribution in [0.2, 0.25) is 0 Å². The summed E-state index contributed by atoms with van der Waals surface area (Å²) in [5.41, 5.74) is 0. The van der Waals surface area contributed by atoms with Crippen molar-refractivity contribution in [2.24, 2.45) is 11.8 Å². The van der Waals surface area contributed by atoms with Crippen LogP contribution in [0.4, 0.5) is 0 Å². The van der Waals surface area contributed by atoms with Gasteiger partial charge in [-0.15, -0.1) is 0 Å². The van der Waals surface area contributed by atoms with Gasteiger partial charge >= 0.3 is 11.9 Å². The minimum Gasteiger partial charge on any atom is -0.481 e. The highest BCUT2D eigenvalue weighted by Crippen LogP contribution is 2.20. The summed E-state index contributed by atoms with van der Waals surface area (Å²) in [6.45, 7) is 2.77. The van der Waals surface area contributed by atoms with Crippen LogP contribution in [0.15, 0.2) is 0 Å². The van der Waals surface area contributed by atoms with E-state index in [1.165, 1.54) is 13.8 Å². The van der Waals surface area contributed by atoms with Crippen LogP contribution in [0.5, 0.6) is 0 Å². The van der Waals surface area contributed by atoms with Crippen LogP contribution in [0.3, 0.4) is 0 Å². The van der Waals surface area contributed by atoms with Gasteiger partial charge in [0.15, 0.2) is 0 Å². The summed E-state index contributed by atoms with van der Waals surface area (Å²) in [5, 5.41) is 23.1. The number of aliphatic carboxylic acids is 2. The van der Waals surface area contributed by atoms with Gasteiger partial charge in [0, 0.05) is 26.9 Å². The Hall–Kier alpha value is -2.12. The SMILES string of the molecule is CC(=O)NCCC(C(=O)O)C(CCNC(C)=O)C(=O)O. The molecule has 0 rings (SSSR count). The first-order chi connectivity index (χ1) is 9.25. The minimum atomic E-state index is -1.23. The van der Waals surface area contributed by atoms with E-state index in [1.807, 2.05) is 0 Å². The van der Waals surface area contributed by atoms with E-state index in [4.69, 9.17) is 10.2 Å². The summed E-state index contributed by atoms with van der Waals surface area (Å²) in [7, 11) is 0. The Balaban J connectivity index is 4.60. The van der Waals surface area contributed by atoms with Gasteiger partial charge in [-0.3, -0.25) is 19.2 Å². The van der Waals surface area contributed by atoms with E-state index in [1.54, 1.807) is 0 Å². The summed E-state index contributed by atoms with van der Waals surface area (Å²) < 4.78 is 0. The molecule has 20 heavy (non-hydrogen) atoms. The van der Waals surface area contributed by atoms with E-state index >= 15 is 0 Å². The number of carboxylic acid groups (broad SMARTS) is 2. The molecule has 2 atom stereocenters. The number of hydrogen-bond acceptors (Lipinski definition) is 4. The maximum Gasteiger partial charge on any atom is 0.307 e. The van der Waals surface area contributed by atoms with E-state index in [0.717, 1.165) is 0 Å². The van der Waals surface area contributed by atoms with Gasteiger partial charge in [0.05, 0.1) is 11.8 Å². The lowest BCUT2D eigenvalue weighted by Gasteiger charge is -2.20. The zero-order chi connectivity index (χ0) is 15.7. The lowest BCUT2D eigenvalue weighted by Crippen LogP contribution is -2.36. The molecule has 0 aromatic heterocycles. The standard InChI is InChI=1S/C12H20N2O6/c1-7(15)13-5-3-9(11(17)18)10(12(19)20)4-6-14-8(2)16/h9-10H,3-6H2,1-2H3,(H,13,15)(H,14,16)(H,17,18)(H,19,20). The van der Waals surface area contributed by atoms with Crippen molar-refractivity contribution in [2.45, 2.75) is 26.7 Å². The summed E-state index contributed by atoms with van der Waals surface area (Å²) in [4.78, 5) is 43.8. The monoisotopic (exact) mass is 288 g/mol. The highest BCUT2D eigenvalue weighted by molar-refractivity contribution is 5.80. The predicted octanol–water partition coefficient (Wildman–Crippen LogP) is -0.560. The molecule has 2 unspecified atom stereocenters. The number of amides is 2. The first-order valence-corrected chi connectivity index (χ1v) is 6.20. The molecule has 0 fully saturated rings. The van der Waals surface area contributed by atoms with Crippen LogP contribution in [0, 0.1) is 11.8 Å². The maximum atomic E-state index is 11.2. The zero-order valence-electron chi connectivity index (χ0n) is 11.5. The zero-order valence-corrected chi connectivity index (χ0v) is 11.5. The molecule has 2 amide bonds. The van der Waals surface area contributed by atoms with E-state index in [9.17, 15) is 19.2 Å². The van der Waals surface area contributed by atoms with Crippen molar-refractivity contribution in [1.29, 1.82) is 0 Å². The van der Waals surface area contributed by atoms with Crippen LogP contribution < -0.4 is 10.6 Å². The summed E-state index contributed by atoms with van der Waals surface area (Å²) in [5.74, 6) is -5.31. The van der Waals surface area contributed by atoms with Gasteiger partial charge in [-0.05, 0) is 12.8 Å². The molecule has 0 aromatic rings. The fourth-order valence-corrected chi connectivity index (χ4v) is 1.80. The van der Waals surface area contributed by atoms with Gasteiger partial charge in [0.1, 0.15) is 0 Å². The molecule has 0 aliphatic rings. The molecule has 8 heteroatoms. The third-order valence-electron chi connectivity index (χ3n) is 2.78. The Kier molecular flexibility index (Phi) is 7.95. The second-order valence-electron chi connectivity index (χ2n) is 4.43. The quantitative estimate of drug-likeness (QED) is 0.449. The smallest absolute Gasteiger partial charge is 0.307 e. The molecule has 0 saturated carbocycles. The second kappa shape index (κ2) is 8.89. The summed E-state index contributed by atoms with van der Waals surface area (Å²) in [6.07, 6.45) is 0.0396. The molecule has 4 N–H and O–H groups in total. The van der Waals surface area contributed by atoms with Crippen LogP contribution in [-0.4, -0.2) is 47.1 Å². The number of carboxylic acids is 2. The maximum absolute atomic E-state index is 11.2. The van der Waals surface area contributed by atoms with E-state index < -0.39 is 23.8 Å². The van der Waals surface area contributed by atoms with Gasteiger partial charge in [-0.1, -0.05) is 0 Å². The van der Waals surface area contributed by atoms with Crippen molar-refractivity contribution in [3.63, 3.8) is 0 Å². The molecule has 0 spiro atoms. The van der Waals surface area contributed by atoms with Crippen molar-refractivity contribution < 1.29 is 29.4 Å². The van der Waals surface area contributed by atoms with Crippen LogP contribution in [-0.2, 0) is 19.2 Å². The normalized spacial score (nSPS) is 13.1. The van der Waals surface area contributed by atoms with Crippen molar-refractivity contribution in [2.75, 3.05) is 13.1 Å². The van der Waals surface area contributed by atoms with E-state index in [2.05, 4.69) is 10.6 Å². The number of rotatable bonds is 9. The van der Waals surface area contributed by atoms with Crippen molar-refractivity contribution >= 4 is 23.8 Å². The third-order valence-corrected chi connectivity index (χ3v) is 2.78. The van der Waals surface area contributed by atoms with Crippen LogP contribution >= 0.6 is 0 Å². The first-order valence-electron chi connectivity index (χ1n) is 6.20. The fourth-order valence-electron chi connectivity index (χ4n) is 1.80. The van der Waals surface area contributed by atoms with E-state index in [-0.39, 0.29) is 37.7 Å². The van der Waals surface area contributed by atoms with Gasteiger partial charge in [-0.25, -0.2) is 0 Å². The number of hydrogen-bond donors (Lipinski definition) is 4. The van der Waals surface area contributed by atoms with Crippen molar-refractivity contribution in [3.05, 3.63) is 0 Å². The molecule has 8 nitrogen and oxygen atoms in total. The topological polar surface area (TPSA) is 133 Å². The molecule has 0 aromatic carbocycles. The first kappa shape index (κ1) is 17.9. The largest absolute Gasteiger partial charge is 0.481 e. The molecule has 0 heterocycles. The Bertz CT molecular complexity index is 346. The molecule has 0 radical (unpaired) electrons. The summed E-state index contributed by atoms with van der Waals surface area (Å²) >= 11 is 0. The van der Waals surface area contributed by atoms with Gasteiger partial charge in [-0.2, -0.15) is 0 Å². The molecule has 0 saturated heterocycles. The summed E-state index contributed by atoms with van der Waals surface area (Å²) in [6, 6.07) is 0. The molecular formula is C12H20N2O6. The molecular weight excluding hydrogens is 268 g/mol. The highest BCUT2D eigenvalue weighted by atomic mass is 16.4. The molecule has 114 valence electrons. The van der Waals surface area contributed by atoms with Crippen molar-refractivity contribution in [3.8, 4) is 0 Å². The Labute approximate surface area is 116 Å². The number of carbonyl (C=O) groups is 4. The average molecular weight is 288 g/mol. The lowest BCUT2D eigenvalue weighted by molar-refractivity contribution is -0.154. The fraction of sp³-hybridized carbons (Fsp3) is 0.667. The Morgan fingerprint density at radius 2 is 1.10 bits per heavy atom. The Morgan fingerprint density at radius 3 is 1.30 bits per heavy atom. The van der Waals surface area contributed by atoms with Crippen LogP contribution in [0.25, 0.3) is 0 Å². The third kappa shape index (κ3) is 7.34. The lowest BCUT2D eigenvalue weighted by atomic mass is 9.87. The Morgan fingerprint density at radius 1 is 0.800 bits per heavy atom.